The first-order valence-corrected chi connectivity index (χ1v) is 6.05. The Balaban J connectivity index is 3.06. The second kappa shape index (κ2) is 4.40. The van der Waals surface area contributed by atoms with Crippen molar-refractivity contribution in [3.05, 3.63) is 30.1 Å². The van der Waals surface area contributed by atoms with Gasteiger partial charge in [-0.05, 0) is 13.0 Å². The minimum Gasteiger partial charge on any atom is -0.477 e. The maximum Gasteiger partial charge on any atom is 0.354 e. The van der Waals surface area contributed by atoms with Crippen LogP contribution < -0.4 is 4.72 Å². The zero-order chi connectivity index (χ0) is 12.3. The van der Waals surface area contributed by atoms with Crippen molar-refractivity contribution in [1.29, 1.82) is 0 Å². The van der Waals surface area contributed by atoms with Crippen LogP contribution in [0.15, 0.2) is 18.7 Å². The molecule has 0 saturated carbocycles. The molecule has 3 N–H and O–H groups in total. The van der Waals surface area contributed by atoms with E-state index >= 15 is 0 Å². The molecule has 0 spiro atoms. The number of aromatic amines is 1. The molecule has 0 saturated heterocycles. The number of carboxylic acid groups (broad SMARTS) is 1. The molecule has 1 aromatic heterocycles. The lowest BCUT2D eigenvalue weighted by molar-refractivity contribution is 0.0692. The van der Waals surface area contributed by atoms with Crippen molar-refractivity contribution in [2.45, 2.75) is 6.92 Å². The van der Waals surface area contributed by atoms with Crippen molar-refractivity contribution >= 4 is 21.7 Å². The van der Waals surface area contributed by atoms with Gasteiger partial charge >= 0.3 is 5.97 Å². The van der Waals surface area contributed by atoms with Crippen molar-refractivity contribution in [2.75, 3.05) is 10.5 Å². The van der Waals surface area contributed by atoms with E-state index in [1.807, 2.05) is 0 Å². The number of sulfonamides is 1. The van der Waals surface area contributed by atoms with E-state index in [-0.39, 0.29) is 17.1 Å². The van der Waals surface area contributed by atoms with Gasteiger partial charge in [0.15, 0.2) is 0 Å². The summed E-state index contributed by atoms with van der Waals surface area (Å²) in [5, 5.41) is 8.82. The van der Waals surface area contributed by atoms with Crippen LogP contribution in [-0.2, 0) is 10.0 Å². The van der Waals surface area contributed by atoms with E-state index in [9.17, 15) is 13.2 Å². The summed E-state index contributed by atoms with van der Waals surface area (Å²) in [7, 11) is -3.58. The number of rotatable bonds is 5. The third-order valence-corrected chi connectivity index (χ3v) is 2.97. The molecule has 0 aromatic carbocycles. The molecule has 0 aliphatic heterocycles. The Bertz CT molecular complexity index is 516. The van der Waals surface area contributed by atoms with Crippen LogP contribution in [0, 0.1) is 6.92 Å². The highest BCUT2D eigenvalue weighted by molar-refractivity contribution is 7.92. The van der Waals surface area contributed by atoms with Gasteiger partial charge in [0.05, 0.1) is 11.4 Å². The maximum absolute atomic E-state index is 11.4. The van der Waals surface area contributed by atoms with Gasteiger partial charge in [-0.25, -0.2) is 13.2 Å². The number of H-pyrrole nitrogens is 1. The number of nitrogens with one attached hydrogen (secondary N) is 2. The number of hydrogen-bond donors (Lipinski definition) is 3. The summed E-state index contributed by atoms with van der Waals surface area (Å²) in [6.07, 6.45) is 1.22. The molecular formula is C9H12N2O4S. The minimum absolute atomic E-state index is 0.0341. The number of hydrogen-bond acceptors (Lipinski definition) is 3. The number of carbonyl (C=O) groups is 1. The van der Waals surface area contributed by atoms with Crippen molar-refractivity contribution < 1.29 is 18.3 Å². The Morgan fingerprint density at radius 3 is 2.81 bits per heavy atom. The van der Waals surface area contributed by atoms with Crippen LogP contribution >= 0.6 is 0 Å². The molecule has 1 rings (SSSR count). The van der Waals surface area contributed by atoms with Crippen molar-refractivity contribution in [1.82, 2.24) is 4.98 Å². The quantitative estimate of drug-likeness (QED) is 0.671. The normalized spacial score (nSPS) is 11.1. The molecule has 0 atom stereocenters. The van der Waals surface area contributed by atoms with Gasteiger partial charge in [0, 0.05) is 5.69 Å². The summed E-state index contributed by atoms with van der Waals surface area (Å²) in [5.74, 6) is -1.49. The number of carboxylic acids is 1. The van der Waals surface area contributed by atoms with Gasteiger partial charge in [-0.2, -0.15) is 0 Å². The van der Waals surface area contributed by atoms with E-state index in [1.54, 1.807) is 6.92 Å². The minimum atomic E-state index is -3.58. The Morgan fingerprint density at radius 1 is 1.69 bits per heavy atom. The Kier molecular flexibility index (Phi) is 3.38. The van der Waals surface area contributed by atoms with Gasteiger partial charge in [0.2, 0.25) is 10.0 Å². The van der Waals surface area contributed by atoms with Crippen LogP contribution in [0.2, 0.25) is 0 Å². The lowest BCUT2D eigenvalue weighted by Gasteiger charge is -2.04. The fourth-order valence-electron chi connectivity index (χ4n) is 1.20. The zero-order valence-electron chi connectivity index (χ0n) is 8.65. The summed E-state index contributed by atoms with van der Waals surface area (Å²) in [5.41, 5.74) is 0.422. The van der Waals surface area contributed by atoms with Gasteiger partial charge in [-0.1, -0.05) is 6.08 Å². The van der Waals surface area contributed by atoms with E-state index in [0.29, 0.717) is 5.69 Å². The Labute approximate surface area is 93.0 Å². The SMILES string of the molecule is C=CCS(=O)(=O)Nc1cc(C)[nH]c1C(=O)O. The number of anilines is 1. The highest BCUT2D eigenvalue weighted by atomic mass is 32.2. The largest absolute Gasteiger partial charge is 0.477 e. The van der Waals surface area contributed by atoms with Gasteiger partial charge in [0.25, 0.3) is 0 Å². The Hall–Kier alpha value is -1.76. The van der Waals surface area contributed by atoms with E-state index < -0.39 is 16.0 Å². The molecule has 16 heavy (non-hydrogen) atoms. The zero-order valence-corrected chi connectivity index (χ0v) is 9.47. The highest BCUT2D eigenvalue weighted by Crippen LogP contribution is 2.18. The first kappa shape index (κ1) is 12.3. The summed E-state index contributed by atoms with van der Waals surface area (Å²) >= 11 is 0. The van der Waals surface area contributed by atoms with Crippen LogP contribution in [0.25, 0.3) is 0 Å². The van der Waals surface area contributed by atoms with Crippen molar-refractivity contribution in [3.63, 3.8) is 0 Å². The van der Waals surface area contributed by atoms with Crippen LogP contribution in [0.3, 0.4) is 0 Å². The predicted molar refractivity (Wildman–Crippen MR) is 60.1 cm³/mol. The molecule has 0 aliphatic rings. The fraction of sp³-hybridized carbons (Fsp3) is 0.222. The second-order valence-electron chi connectivity index (χ2n) is 3.22. The molecule has 1 heterocycles. The summed E-state index contributed by atoms with van der Waals surface area (Å²) < 4.78 is 25.0. The van der Waals surface area contributed by atoms with Gasteiger partial charge < -0.3 is 10.1 Å². The monoisotopic (exact) mass is 244 g/mol. The molecule has 0 bridgehead atoms. The first-order valence-electron chi connectivity index (χ1n) is 4.40. The number of aryl methyl sites for hydroxylation is 1. The van der Waals surface area contributed by atoms with E-state index in [2.05, 4.69) is 16.3 Å². The van der Waals surface area contributed by atoms with Crippen LogP contribution in [0.5, 0.6) is 0 Å². The molecule has 0 fully saturated rings. The predicted octanol–water partition coefficient (Wildman–Crippen LogP) is 0.949. The summed E-state index contributed by atoms with van der Waals surface area (Å²) in [6, 6.07) is 1.42. The summed E-state index contributed by atoms with van der Waals surface area (Å²) in [6.45, 7) is 4.94. The smallest absolute Gasteiger partial charge is 0.354 e. The van der Waals surface area contributed by atoms with E-state index in [4.69, 9.17) is 5.11 Å². The van der Waals surface area contributed by atoms with Crippen molar-refractivity contribution in [3.8, 4) is 0 Å². The topological polar surface area (TPSA) is 99.3 Å². The van der Waals surface area contributed by atoms with Gasteiger partial charge in [-0.15, -0.1) is 6.58 Å². The number of aromatic carboxylic acids is 1. The first-order chi connectivity index (χ1) is 7.35. The molecule has 7 heteroatoms. The van der Waals surface area contributed by atoms with E-state index in [1.165, 1.54) is 12.1 Å². The molecule has 0 aliphatic carbocycles. The molecule has 0 unspecified atom stereocenters. The molecular weight excluding hydrogens is 232 g/mol. The molecule has 0 radical (unpaired) electrons. The van der Waals surface area contributed by atoms with Crippen LogP contribution in [-0.4, -0.2) is 30.2 Å². The standard InChI is InChI=1S/C9H12N2O4S/c1-3-4-16(14,15)11-7-5-6(2)10-8(7)9(12)13/h3,5,10-11H,1,4H2,2H3,(H,12,13). The van der Waals surface area contributed by atoms with Crippen LogP contribution in [0.1, 0.15) is 16.2 Å². The van der Waals surface area contributed by atoms with Crippen LogP contribution in [0.4, 0.5) is 5.69 Å². The fourth-order valence-corrected chi connectivity index (χ4v) is 2.09. The van der Waals surface area contributed by atoms with E-state index in [0.717, 1.165) is 0 Å². The van der Waals surface area contributed by atoms with Gasteiger partial charge in [-0.3, -0.25) is 4.72 Å². The molecule has 0 amide bonds. The summed E-state index contributed by atoms with van der Waals surface area (Å²) in [4.78, 5) is 13.3. The maximum atomic E-state index is 11.4. The average molecular weight is 244 g/mol. The van der Waals surface area contributed by atoms with Gasteiger partial charge in [0.1, 0.15) is 5.69 Å². The molecule has 88 valence electrons. The molecule has 6 nitrogen and oxygen atoms in total. The third-order valence-electron chi connectivity index (χ3n) is 1.77. The second-order valence-corrected chi connectivity index (χ2v) is 4.99. The molecule has 1 aromatic rings. The Morgan fingerprint density at radius 2 is 2.31 bits per heavy atom. The lowest BCUT2D eigenvalue weighted by Crippen LogP contribution is -2.16. The lowest BCUT2D eigenvalue weighted by atomic mass is 10.4. The van der Waals surface area contributed by atoms with Crippen molar-refractivity contribution in [2.24, 2.45) is 0 Å². The number of aromatic nitrogens is 1. The third kappa shape index (κ3) is 2.86. The highest BCUT2D eigenvalue weighted by Gasteiger charge is 2.17. The average Bonchev–Trinajstić information content (AvgIpc) is 2.45.